The Balaban J connectivity index is 1.29. The average molecular weight is 613 g/mol. The summed E-state index contributed by atoms with van der Waals surface area (Å²) in [7, 11) is -2.33. The Morgan fingerprint density at radius 2 is 0.652 bits per heavy atom. The monoisotopic (exact) mass is 612 g/mol. The lowest BCUT2D eigenvalue weighted by Gasteiger charge is -2.16. The highest BCUT2D eigenvalue weighted by Crippen LogP contribution is 2.38. The van der Waals surface area contributed by atoms with Crippen molar-refractivity contribution in [3.05, 3.63) is 164 Å². The van der Waals surface area contributed by atoms with Crippen LogP contribution in [0.15, 0.2) is 164 Å². The topological polar surface area (TPSA) is 42.9 Å². The van der Waals surface area contributed by atoms with Crippen molar-refractivity contribution in [3.63, 3.8) is 0 Å². The van der Waals surface area contributed by atoms with E-state index in [4.69, 9.17) is 9.97 Å². The minimum atomic E-state index is -2.33. The molecule has 1 heterocycles. The summed E-state index contributed by atoms with van der Waals surface area (Å²) in [6, 6.07) is 56.1. The normalized spacial score (nSPS) is 11.3. The number of benzene rings is 6. The highest BCUT2D eigenvalue weighted by atomic mass is 31.2. The first-order chi connectivity index (χ1) is 22.4. The van der Waals surface area contributed by atoms with Gasteiger partial charge in [0.1, 0.15) is 7.14 Å². The number of aromatic nitrogens is 2. The first kappa shape index (κ1) is 29.3. The second-order valence-electron chi connectivity index (χ2n) is 11.8. The molecule has 4 heteroatoms. The van der Waals surface area contributed by atoms with Crippen LogP contribution in [0.4, 0.5) is 0 Å². The van der Waals surface area contributed by atoms with Crippen molar-refractivity contribution in [2.75, 3.05) is 13.3 Å². The molecule has 0 spiro atoms. The van der Waals surface area contributed by atoms with E-state index in [1.54, 1.807) is 0 Å². The van der Waals surface area contributed by atoms with Crippen LogP contribution in [0, 0.1) is 0 Å². The standard InChI is InChI=1S/C42H33N2OP/c1-46(2,45)38-20-12-19-37(29-38)32-23-21-30(22-24-32)31-25-27-36(28-26-31)42-41(35-17-10-5-11-18-35)43-39(33-13-6-3-7-14-33)40(44-42)34-15-8-4-9-16-34/h3-29H,1-2H3. The Kier molecular flexibility index (Phi) is 8.01. The Hall–Kier alpha value is -5.37. The molecule has 0 atom stereocenters. The third-order valence-corrected chi connectivity index (χ3v) is 9.74. The van der Waals surface area contributed by atoms with E-state index in [0.717, 1.165) is 72.6 Å². The molecule has 0 saturated heterocycles. The molecule has 222 valence electrons. The fourth-order valence-corrected chi connectivity index (χ4v) is 6.62. The lowest BCUT2D eigenvalue weighted by molar-refractivity contribution is 0.588. The molecule has 0 unspecified atom stereocenters. The van der Waals surface area contributed by atoms with Crippen molar-refractivity contribution in [3.8, 4) is 67.3 Å². The van der Waals surface area contributed by atoms with Gasteiger partial charge in [0.2, 0.25) is 0 Å². The largest absolute Gasteiger partial charge is 0.319 e. The summed E-state index contributed by atoms with van der Waals surface area (Å²) < 4.78 is 12.6. The van der Waals surface area contributed by atoms with E-state index in [2.05, 4.69) is 91.0 Å². The molecule has 0 fully saturated rings. The highest BCUT2D eigenvalue weighted by Gasteiger charge is 2.19. The summed E-state index contributed by atoms with van der Waals surface area (Å²) in [6.07, 6.45) is 0. The van der Waals surface area contributed by atoms with E-state index in [1.807, 2.05) is 86.1 Å². The average Bonchev–Trinajstić information content (AvgIpc) is 3.12. The highest BCUT2D eigenvalue weighted by molar-refractivity contribution is 7.70. The molecule has 0 bridgehead atoms. The number of hydrogen-bond acceptors (Lipinski definition) is 3. The van der Waals surface area contributed by atoms with E-state index in [-0.39, 0.29) is 0 Å². The predicted octanol–water partition coefficient (Wildman–Crippen LogP) is 10.7. The van der Waals surface area contributed by atoms with Gasteiger partial charge < -0.3 is 4.57 Å². The Bertz CT molecular complexity index is 2160. The van der Waals surface area contributed by atoms with E-state index in [9.17, 15) is 4.57 Å². The summed E-state index contributed by atoms with van der Waals surface area (Å²) >= 11 is 0. The summed E-state index contributed by atoms with van der Waals surface area (Å²) in [5, 5.41) is 0.898. The predicted molar refractivity (Wildman–Crippen MR) is 194 cm³/mol. The molecule has 0 aliphatic heterocycles. The second kappa shape index (κ2) is 12.6. The van der Waals surface area contributed by atoms with Gasteiger partial charge in [-0.05, 0) is 41.6 Å². The van der Waals surface area contributed by atoms with Gasteiger partial charge in [0, 0.05) is 27.6 Å². The molecule has 7 rings (SSSR count). The van der Waals surface area contributed by atoms with E-state index < -0.39 is 7.14 Å². The third kappa shape index (κ3) is 6.11. The maximum atomic E-state index is 12.6. The molecule has 0 N–H and O–H groups in total. The van der Waals surface area contributed by atoms with Gasteiger partial charge in [-0.1, -0.05) is 158 Å². The van der Waals surface area contributed by atoms with Crippen molar-refractivity contribution in [2.45, 2.75) is 0 Å². The Morgan fingerprint density at radius 3 is 1.02 bits per heavy atom. The summed E-state index contributed by atoms with van der Waals surface area (Å²) in [5.41, 5.74) is 11.9. The fraction of sp³-hybridized carbons (Fsp3) is 0.0476. The maximum absolute atomic E-state index is 12.6. The van der Waals surface area contributed by atoms with Crippen molar-refractivity contribution >= 4 is 12.4 Å². The smallest absolute Gasteiger partial charge is 0.109 e. The first-order valence-electron chi connectivity index (χ1n) is 15.4. The van der Waals surface area contributed by atoms with Crippen LogP contribution in [0.25, 0.3) is 67.3 Å². The molecular formula is C42H33N2OP. The molecule has 46 heavy (non-hydrogen) atoms. The van der Waals surface area contributed by atoms with E-state index >= 15 is 0 Å². The summed E-state index contributed by atoms with van der Waals surface area (Å²) in [6.45, 7) is 3.63. The lowest BCUT2D eigenvalue weighted by atomic mass is 9.97. The molecule has 0 radical (unpaired) electrons. The fourth-order valence-electron chi connectivity index (χ4n) is 5.72. The second-order valence-corrected chi connectivity index (χ2v) is 15.0. The molecule has 0 amide bonds. The van der Waals surface area contributed by atoms with Gasteiger partial charge in [0.15, 0.2) is 0 Å². The van der Waals surface area contributed by atoms with Crippen LogP contribution in [0.3, 0.4) is 0 Å². The van der Waals surface area contributed by atoms with Crippen LogP contribution in [0.1, 0.15) is 0 Å². The van der Waals surface area contributed by atoms with Crippen molar-refractivity contribution in [1.29, 1.82) is 0 Å². The number of rotatable bonds is 7. The number of hydrogen-bond donors (Lipinski definition) is 0. The molecule has 3 nitrogen and oxygen atoms in total. The first-order valence-corrected chi connectivity index (χ1v) is 18.0. The minimum absolute atomic E-state index is 0.843. The molecule has 0 saturated carbocycles. The van der Waals surface area contributed by atoms with Crippen LogP contribution in [-0.2, 0) is 4.57 Å². The van der Waals surface area contributed by atoms with Crippen molar-refractivity contribution in [1.82, 2.24) is 9.97 Å². The van der Waals surface area contributed by atoms with Gasteiger partial charge >= 0.3 is 0 Å². The van der Waals surface area contributed by atoms with Crippen LogP contribution < -0.4 is 5.30 Å². The summed E-state index contributed by atoms with van der Waals surface area (Å²) in [5.74, 6) is 0. The molecular weight excluding hydrogens is 579 g/mol. The van der Waals surface area contributed by atoms with Crippen LogP contribution in [0.2, 0.25) is 0 Å². The SMILES string of the molecule is CP(C)(=O)c1cccc(-c2ccc(-c3ccc(-c4nc(-c5ccccc5)c(-c5ccccc5)nc4-c4ccccc4)cc3)cc2)c1. The zero-order chi connectivity index (χ0) is 31.5. The van der Waals surface area contributed by atoms with Crippen molar-refractivity contribution < 1.29 is 4.57 Å². The van der Waals surface area contributed by atoms with Crippen LogP contribution in [0.5, 0.6) is 0 Å². The Morgan fingerprint density at radius 1 is 0.348 bits per heavy atom. The van der Waals surface area contributed by atoms with Gasteiger partial charge in [-0.2, -0.15) is 0 Å². The molecule has 0 aliphatic rings. The van der Waals surface area contributed by atoms with E-state index in [1.165, 1.54) is 0 Å². The maximum Gasteiger partial charge on any atom is 0.109 e. The van der Waals surface area contributed by atoms with Gasteiger partial charge in [0.25, 0.3) is 0 Å². The molecule has 6 aromatic carbocycles. The van der Waals surface area contributed by atoms with E-state index in [0.29, 0.717) is 0 Å². The van der Waals surface area contributed by atoms with Gasteiger partial charge in [-0.25, -0.2) is 9.97 Å². The Labute approximate surface area is 270 Å². The molecule has 0 aliphatic carbocycles. The third-order valence-electron chi connectivity index (χ3n) is 8.22. The minimum Gasteiger partial charge on any atom is -0.319 e. The van der Waals surface area contributed by atoms with Crippen LogP contribution in [-0.4, -0.2) is 23.3 Å². The zero-order valence-electron chi connectivity index (χ0n) is 25.8. The number of nitrogens with zero attached hydrogens (tertiary/aromatic N) is 2. The molecule has 7 aromatic rings. The van der Waals surface area contributed by atoms with Gasteiger partial charge in [-0.3, -0.25) is 0 Å². The quantitative estimate of drug-likeness (QED) is 0.168. The summed E-state index contributed by atoms with van der Waals surface area (Å²) in [4.78, 5) is 10.7. The van der Waals surface area contributed by atoms with Gasteiger partial charge in [-0.15, -0.1) is 0 Å². The van der Waals surface area contributed by atoms with Crippen molar-refractivity contribution in [2.24, 2.45) is 0 Å². The van der Waals surface area contributed by atoms with Gasteiger partial charge in [0.05, 0.1) is 22.8 Å². The molecule has 1 aromatic heterocycles. The zero-order valence-corrected chi connectivity index (χ0v) is 26.7. The van der Waals surface area contributed by atoms with Crippen LogP contribution >= 0.6 is 7.14 Å². The lowest BCUT2D eigenvalue weighted by Crippen LogP contribution is -2.02.